The van der Waals surface area contributed by atoms with E-state index in [1.54, 1.807) is 0 Å². The first-order valence-electron chi connectivity index (χ1n) is 8.94. The van der Waals surface area contributed by atoms with E-state index in [0.717, 1.165) is 13.1 Å². The molecule has 2 unspecified atom stereocenters. The highest BCUT2D eigenvalue weighted by molar-refractivity contribution is 5.39. The standard InChI is InChI=1S/C17H30N2.C2H6.CH2O/c1-5-9-16(14(6-2)11-13-18-4)15(7-3)17-10-8-12-19-17;2*1-2/h5,7,9,14,17-19H,1,6,8,10-13H2,2-4H3;1-2H3;1H2/b15-7+,16-9-;;. The highest BCUT2D eigenvalue weighted by atomic mass is 16.1. The Morgan fingerprint density at radius 3 is 2.43 bits per heavy atom. The summed E-state index contributed by atoms with van der Waals surface area (Å²) < 4.78 is 0. The van der Waals surface area contributed by atoms with Gasteiger partial charge >= 0.3 is 0 Å². The van der Waals surface area contributed by atoms with Crippen LogP contribution in [0.2, 0.25) is 0 Å². The Morgan fingerprint density at radius 1 is 1.39 bits per heavy atom. The molecule has 0 amide bonds. The van der Waals surface area contributed by atoms with Crippen molar-refractivity contribution >= 4 is 6.79 Å². The lowest BCUT2D eigenvalue weighted by Gasteiger charge is -2.25. The monoisotopic (exact) mass is 322 g/mol. The molecule has 1 fully saturated rings. The number of hydrogen-bond acceptors (Lipinski definition) is 3. The van der Waals surface area contributed by atoms with Gasteiger partial charge in [-0.3, -0.25) is 0 Å². The van der Waals surface area contributed by atoms with Crippen molar-refractivity contribution in [3.63, 3.8) is 0 Å². The summed E-state index contributed by atoms with van der Waals surface area (Å²) in [4.78, 5) is 8.00. The first-order valence-corrected chi connectivity index (χ1v) is 8.94. The Hall–Kier alpha value is -1.19. The normalized spacial score (nSPS) is 19.1. The van der Waals surface area contributed by atoms with E-state index in [4.69, 9.17) is 4.79 Å². The van der Waals surface area contributed by atoms with Gasteiger partial charge in [-0.05, 0) is 69.8 Å². The van der Waals surface area contributed by atoms with Crippen LogP contribution in [0.4, 0.5) is 0 Å². The quantitative estimate of drug-likeness (QED) is 0.656. The number of rotatable bonds is 8. The lowest BCUT2D eigenvalue weighted by Crippen LogP contribution is -2.27. The van der Waals surface area contributed by atoms with Crippen LogP contribution in [0, 0.1) is 5.92 Å². The first kappa shape index (κ1) is 24.1. The Morgan fingerprint density at radius 2 is 2.04 bits per heavy atom. The van der Waals surface area contributed by atoms with Crippen molar-refractivity contribution in [3.05, 3.63) is 36.0 Å². The van der Waals surface area contributed by atoms with Crippen molar-refractivity contribution in [2.45, 2.75) is 59.4 Å². The van der Waals surface area contributed by atoms with Crippen molar-refractivity contribution in [3.8, 4) is 0 Å². The fourth-order valence-electron chi connectivity index (χ4n) is 3.01. The molecule has 0 radical (unpaired) electrons. The van der Waals surface area contributed by atoms with Crippen LogP contribution in [0.5, 0.6) is 0 Å². The van der Waals surface area contributed by atoms with Crippen molar-refractivity contribution in [1.29, 1.82) is 0 Å². The maximum Gasteiger partial charge on any atom is 0.106 e. The van der Waals surface area contributed by atoms with E-state index in [0.29, 0.717) is 12.0 Å². The predicted molar refractivity (Wildman–Crippen MR) is 104 cm³/mol. The molecule has 3 nitrogen and oxygen atoms in total. The summed E-state index contributed by atoms with van der Waals surface area (Å²) in [5.74, 6) is 0.624. The van der Waals surface area contributed by atoms with Crippen LogP contribution in [0.15, 0.2) is 36.0 Å². The fraction of sp³-hybridized carbons (Fsp3) is 0.650. The zero-order chi connectivity index (χ0) is 18.1. The molecule has 0 bridgehead atoms. The van der Waals surface area contributed by atoms with Gasteiger partial charge in [0.2, 0.25) is 0 Å². The summed E-state index contributed by atoms with van der Waals surface area (Å²) >= 11 is 0. The minimum absolute atomic E-state index is 0.542. The van der Waals surface area contributed by atoms with E-state index in [-0.39, 0.29) is 0 Å². The smallest absolute Gasteiger partial charge is 0.106 e. The second-order valence-electron chi connectivity index (χ2n) is 5.25. The van der Waals surface area contributed by atoms with E-state index >= 15 is 0 Å². The van der Waals surface area contributed by atoms with Gasteiger partial charge in [-0.25, -0.2) is 0 Å². The number of allylic oxidation sites excluding steroid dienone is 3. The van der Waals surface area contributed by atoms with Crippen LogP contribution in [-0.2, 0) is 4.79 Å². The Kier molecular flexibility index (Phi) is 18.0. The second kappa shape index (κ2) is 17.2. The van der Waals surface area contributed by atoms with E-state index < -0.39 is 0 Å². The minimum Gasteiger partial charge on any atom is -0.320 e. The summed E-state index contributed by atoms with van der Waals surface area (Å²) in [7, 11) is 2.03. The zero-order valence-corrected chi connectivity index (χ0v) is 16.0. The Balaban J connectivity index is 0. The topological polar surface area (TPSA) is 41.1 Å². The summed E-state index contributed by atoms with van der Waals surface area (Å²) in [5, 5.41) is 6.89. The summed E-state index contributed by atoms with van der Waals surface area (Å²) in [6.07, 6.45) is 11.4. The minimum atomic E-state index is 0.542. The fourth-order valence-corrected chi connectivity index (χ4v) is 3.01. The summed E-state index contributed by atoms with van der Waals surface area (Å²) in [6.45, 7) is 16.6. The number of carbonyl (C=O) groups is 1. The lowest BCUT2D eigenvalue weighted by molar-refractivity contribution is -0.0979. The number of nitrogens with one attached hydrogen (secondary N) is 2. The molecule has 1 aliphatic rings. The first-order chi connectivity index (χ1) is 11.3. The second-order valence-corrected chi connectivity index (χ2v) is 5.25. The third kappa shape index (κ3) is 8.87. The van der Waals surface area contributed by atoms with Crippen LogP contribution < -0.4 is 10.6 Å². The van der Waals surface area contributed by atoms with Crippen molar-refractivity contribution in [2.24, 2.45) is 5.92 Å². The van der Waals surface area contributed by atoms with Gasteiger partial charge in [-0.15, -0.1) is 0 Å². The van der Waals surface area contributed by atoms with E-state index in [1.807, 2.05) is 33.8 Å². The molecular formula is C20H38N2O. The number of carbonyl (C=O) groups excluding carboxylic acids is 1. The summed E-state index contributed by atoms with van der Waals surface area (Å²) in [5.41, 5.74) is 2.97. The molecule has 0 spiro atoms. The lowest BCUT2D eigenvalue weighted by atomic mass is 9.83. The molecule has 134 valence electrons. The third-order valence-electron chi connectivity index (χ3n) is 4.05. The highest BCUT2D eigenvalue weighted by Gasteiger charge is 2.24. The van der Waals surface area contributed by atoms with Crippen LogP contribution in [0.1, 0.15) is 53.4 Å². The molecular weight excluding hydrogens is 284 g/mol. The van der Waals surface area contributed by atoms with Crippen molar-refractivity contribution in [2.75, 3.05) is 20.1 Å². The molecule has 1 heterocycles. The maximum absolute atomic E-state index is 8.00. The molecule has 3 heteroatoms. The average molecular weight is 323 g/mol. The number of hydrogen-bond donors (Lipinski definition) is 2. The van der Waals surface area contributed by atoms with Crippen LogP contribution >= 0.6 is 0 Å². The van der Waals surface area contributed by atoms with E-state index in [1.165, 1.54) is 36.8 Å². The molecule has 23 heavy (non-hydrogen) atoms. The SMILES string of the molecule is C=C/C=C(\C(=C/C)C1CCCN1)C(CC)CCNC.C=O.CC. The van der Waals surface area contributed by atoms with Gasteiger partial charge in [0.25, 0.3) is 0 Å². The van der Waals surface area contributed by atoms with Gasteiger partial charge in [0.05, 0.1) is 0 Å². The predicted octanol–water partition coefficient (Wildman–Crippen LogP) is 4.27. The van der Waals surface area contributed by atoms with Crippen molar-refractivity contribution in [1.82, 2.24) is 10.6 Å². The van der Waals surface area contributed by atoms with Crippen LogP contribution in [0.3, 0.4) is 0 Å². The highest BCUT2D eigenvalue weighted by Crippen LogP contribution is 2.30. The maximum atomic E-state index is 8.00. The van der Waals surface area contributed by atoms with Gasteiger partial charge in [0, 0.05) is 6.04 Å². The molecule has 1 saturated heterocycles. The van der Waals surface area contributed by atoms with Crippen LogP contribution in [0.25, 0.3) is 0 Å². The molecule has 0 aromatic carbocycles. The van der Waals surface area contributed by atoms with Crippen molar-refractivity contribution < 1.29 is 4.79 Å². The Labute approximate surface area is 144 Å². The zero-order valence-electron chi connectivity index (χ0n) is 16.0. The Bertz CT molecular complexity index is 342. The van der Waals surface area contributed by atoms with Gasteiger partial charge in [-0.2, -0.15) is 0 Å². The molecule has 2 atom stereocenters. The van der Waals surface area contributed by atoms with Crippen LogP contribution in [-0.4, -0.2) is 33.0 Å². The molecule has 0 saturated carbocycles. The largest absolute Gasteiger partial charge is 0.320 e. The van der Waals surface area contributed by atoms with Gasteiger partial charge in [0.15, 0.2) is 0 Å². The molecule has 1 aliphatic heterocycles. The molecule has 2 N–H and O–H groups in total. The van der Waals surface area contributed by atoms with Gasteiger partial charge in [-0.1, -0.05) is 45.6 Å². The molecule has 0 aliphatic carbocycles. The average Bonchev–Trinajstić information content (AvgIpc) is 3.14. The molecule has 0 aromatic rings. The molecule has 1 rings (SSSR count). The van der Waals surface area contributed by atoms with E-state index in [9.17, 15) is 0 Å². The van der Waals surface area contributed by atoms with E-state index in [2.05, 4.69) is 43.2 Å². The third-order valence-corrected chi connectivity index (χ3v) is 4.05. The molecule has 0 aromatic heterocycles. The summed E-state index contributed by atoms with van der Waals surface area (Å²) in [6, 6.07) is 0.542. The van der Waals surface area contributed by atoms with Gasteiger partial charge in [0.1, 0.15) is 6.79 Å². The van der Waals surface area contributed by atoms with Gasteiger partial charge < -0.3 is 15.4 Å².